The summed E-state index contributed by atoms with van der Waals surface area (Å²) in [6.07, 6.45) is 3.85. The number of ketones is 3. The Morgan fingerprint density at radius 3 is 2.26 bits per heavy atom. The lowest BCUT2D eigenvalue weighted by molar-refractivity contribution is -0.118. The molecular weight excluding hydrogens is 481 g/mol. The van der Waals surface area contributed by atoms with E-state index in [0.29, 0.717) is 26.7 Å². The van der Waals surface area contributed by atoms with Gasteiger partial charge in [-0.2, -0.15) is 0 Å². The molecular formula is C29H21Cl2NO3. The largest absolute Gasteiger partial charge is 0.352 e. The summed E-state index contributed by atoms with van der Waals surface area (Å²) in [6, 6.07) is 16.6. The van der Waals surface area contributed by atoms with E-state index in [0.717, 1.165) is 16.8 Å². The zero-order valence-corrected chi connectivity index (χ0v) is 20.6. The molecule has 3 atom stereocenters. The Kier molecular flexibility index (Phi) is 4.86. The number of hydrogen-bond acceptors (Lipinski definition) is 4. The molecule has 3 aliphatic rings. The number of aryl methyl sites for hydroxylation is 1. The SMILES string of the molecule is CC(=O)[C@@H]1[C@H](c2ccc(Cl)cc2Cl)C2(C(=O)c3ccccc3C2=O)[C@@H]2C=Cc3ccc(C)cc3N12. The van der Waals surface area contributed by atoms with E-state index in [1.165, 1.54) is 6.92 Å². The van der Waals surface area contributed by atoms with Crippen molar-refractivity contribution in [3.05, 3.63) is 105 Å². The zero-order chi connectivity index (χ0) is 24.6. The Morgan fingerprint density at radius 2 is 1.63 bits per heavy atom. The number of nitrogens with zero attached hydrogens (tertiary/aromatic N) is 1. The molecule has 0 amide bonds. The van der Waals surface area contributed by atoms with Crippen LogP contribution in [-0.2, 0) is 4.79 Å². The number of rotatable bonds is 2. The molecule has 0 unspecified atom stereocenters. The lowest BCUT2D eigenvalue weighted by atomic mass is 9.64. The van der Waals surface area contributed by atoms with Crippen molar-refractivity contribution in [2.45, 2.75) is 31.8 Å². The van der Waals surface area contributed by atoms with Gasteiger partial charge in [0.15, 0.2) is 17.3 Å². The van der Waals surface area contributed by atoms with Gasteiger partial charge in [-0.1, -0.05) is 77.8 Å². The zero-order valence-electron chi connectivity index (χ0n) is 19.1. The fraction of sp³-hybridized carbons (Fsp3) is 0.207. The maximum Gasteiger partial charge on any atom is 0.180 e. The van der Waals surface area contributed by atoms with E-state index in [4.69, 9.17) is 23.2 Å². The van der Waals surface area contributed by atoms with Crippen LogP contribution in [0.5, 0.6) is 0 Å². The van der Waals surface area contributed by atoms with Gasteiger partial charge in [0, 0.05) is 32.8 Å². The van der Waals surface area contributed by atoms with Crippen LogP contribution >= 0.6 is 23.2 Å². The van der Waals surface area contributed by atoms with Crippen LogP contribution in [0.15, 0.2) is 66.7 Å². The standard InChI is InChI=1S/C29H21Cl2NO3/c1-15-7-8-17-9-12-24-29(27(34)19-5-3-4-6-20(19)28(29)35)25(21-11-10-18(30)14-22(21)31)26(16(2)33)32(24)23(17)13-15/h3-14,24-26H,1-2H3/t24-,25-,26+/m0/s1. The van der Waals surface area contributed by atoms with Gasteiger partial charge in [-0.05, 0) is 48.7 Å². The predicted molar refractivity (Wildman–Crippen MR) is 138 cm³/mol. The number of carbonyl (C=O) groups is 3. The average molecular weight is 502 g/mol. The topological polar surface area (TPSA) is 54.5 Å². The fourth-order valence-electron chi connectivity index (χ4n) is 6.32. The molecule has 3 aromatic carbocycles. The van der Waals surface area contributed by atoms with E-state index in [-0.39, 0.29) is 17.3 Å². The molecule has 0 saturated carbocycles. The second kappa shape index (κ2) is 7.64. The molecule has 1 aliphatic carbocycles. The maximum atomic E-state index is 14.3. The molecule has 1 saturated heterocycles. The van der Waals surface area contributed by atoms with E-state index in [1.54, 1.807) is 42.5 Å². The number of carbonyl (C=O) groups excluding carboxylic acids is 3. The number of Topliss-reactive ketones (excluding diaryl/α,β-unsaturated/α-hetero) is 3. The highest BCUT2D eigenvalue weighted by molar-refractivity contribution is 6.36. The minimum atomic E-state index is -1.53. The molecule has 0 bridgehead atoms. The molecule has 2 aliphatic heterocycles. The van der Waals surface area contributed by atoms with Gasteiger partial charge in [0.1, 0.15) is 5.41 Å². The van der Waals surface area contributed by atoms with Crippen LogP contribution in [0.4, 0.5) is 5.69 Å². The molecule has 6 rings (SSSR count). The first-order valence-corrected chi connectivity index (χ1v) is 12.2. The summed E-state index contributed by atoms with van der Waals surface area (Å²) in [4.78, 5) is 44.1. The fourth-order valence-corrected chi connectivity index (χ4v) is 6.85. The molecule has 35 heavy (non-hydrogen) atoms. The second-order valence-corrected chi connectivity index (χ2v) is 10.4. The normalized spacial score (nSPS) is 23.4. The van der Waals surface area contributed by atoms with Crippen LogP contribution in [0.25, 0.3) is 6.08 Å². The van der Waals surface area contributed by atoms with Crippen LogP contribution in [0.1, 0.15) is 50.2 Å². The van der Waals surface area contributed by atoms with Crippen molar-refractivity contribution >= 4 is 52.3 Å². The van der Waals surface area contributed by atoms with E-state index in [1.807, 2.05) is 42.2 Å². The van der Waals surface area contributed by atoms with Gasteiger partial charge in [0.25, 0.3) is 0 Å². The Bertz CT molecular complexity index is 1460. The van der Waals surface area contributed by atoms with Gasteiger partial charge in [0.2, 0.25) is 0 Å². The van der Waals surface area contributed by atoms with Gasteiger partial charge in [-0.25, -0.2) is 0 Å². The molecule has 4 nitrogen and oxygen atoms in total. The molecule has 0 N–H and O–H groups in total. The Balaban J connectivity index is 1.71. The minimum absolute atomic E-state index is 0.137. The number of benzene rings is 3. The van der Waals surface area contributed by atoms with Gasteiger partial charge in [0.05, 0.1) is 12.1 Å². The highest BCUT2D eigenvalue weighted by atomic mass is 35.5. The molecule has 3 aromatic rings. The van der Waals surface area contributed by atoms with Gasteiger partial charge in [-0.15, -0.1) is 0 Å². The Labute approximate surface area is 213 Å². The number of anilines is 1. The summed E-state index contributed by atoms with van der Waals surface area (Å²) in [5.74, 6) is -1.47. The first kappa shape index (κ1) is 22.3. The molecule has 0 radical (unpaired) electrons. The second-order valence-electron chi connectivity index (χ2n) is 9.55. The molecule has 1 fully saturated rings. The van der Waals surface area contributed by atoms with E-state index in [2.05, 4.69) is 0 Å². The summed E-state index contributed by atoms with van der Waals surface area (Å²) in [7, 11) is 0. The van der Waals surface area contributed by atoms with Crippen molar-refractivity contribution in [2.24, 2.45) is 5.41 Å². The number of hydrogen-bond donors (Lipinski definition) is 0. The van der Waals surface area contributed by atoms with E-state index in [9.17, 15) is 14.4 Å². The lowest BCUT2D eigenvalue weighted by Gasteiger charge is -2.37. The van der Waals surface area contributed by atoms with Crippen LogP contribution < -0.4 is 4.90 Å². The first-order chi connectivity index (χ1) is 16.8. The maximum absolute atomic E-state index is 14.3. The summed E-state index contributed by atoms with van der Waals surface area (Å²) in [6.45, 7) is 3.50. The highest BCUT2D eigenvalue weighted by Crippen LogP contribution is 2.61. The van der Waals surface area contributed by atoms with E-state index >= 15 is 0 Å². The molecule has 6 heteroatoms. The van der Waals surface area contributed by atoms with E-state index < -0.39 is 23.4 Å². The lowest BCUT2D eigenvalue weighted by Crippen LogP contribution is -2.48. The van der Waals surface area contributed by atoms with Crippen molar-refractivity contribution in [1.29, 1.82) is 0 Å². The van der Waals surface area contributed by atoms with Crippen LogP contribution in [0, 0.1) is 12.3 Å². The summed E-state index contributed by atoms with van der Waals surface area (Å²) in [5, 5.41) is 0.772. The molecule has 0 aromatic heterocycles. The van der Waals surface area contributed by atoms with Crippen molar-refractivity contribution in [1.82, 2.24) is 0 Å². The predicted octanol–water partition coefficient (Wildman–Crippen LogP) is 6.32. The number of halogens is 2. The Morgan fingerprint density at radius 1 is 0.943 bits per heavy atom. The van der Waals surface area contributed by atoms with Crippen molar-refractivity contribution in [3.8, 4) is 0 Å². The van der Waals surface area contributed by atoms with Crippen molar-refractivity contribution in [3.63, 3.8) is 0 Å². The highest BCUT2D eigenvalue weighted by Gasteiger charge is 2.71. The average Bonchev–Trinajstić information content (AvgIpc) is 3.26. The summed E-state index contributed by atoms with van der Waals surface area (Å²) >= 11 is 12.9. The summed E-state index contributed by atoms with van der Waals surface area (Å²) < 4.78 is 0. The summed E-state index contributed by atoms with van der Waals surface area (Å²) in [5.41, 5.74) is 2.61. The molecule has 2 heterocycles. The third kappa shape index (κ3) is 2.84. The van der Waals surface area contributed by atoms with Gasteiger partial charge < -0.3 is 4.90 Å². The van der Waals surface area contributed by atoms with Crippen LogP contribution in [-0.4, -0.2) is 29.4 Å². The molecule has 174 valence electrons. The Hall–Kier alpha value is -3.21. The third-order valence-corrected chi connectivity index (χ3v) is 8.24. The van der Waals surface area contributed by atoms with Gasteiger partial charge in [-0.3, -0.25) is 14.4 Å². The van der Waals surface area contributed by atoms with Gasteiger partial charge >= 0.3 is 0 Å². The molecule has 1 spiro atoms. The van der Waals surface area contributed by atoms with Crippen LogP contribution in [0.3, 0.4) is 0 Å². The monoisotopic (exact) mass is 501 g/mol. The first-order valence-electron chi connectivity index (χ1n) is 11.5. The van der Waals surface area contributed by atoms with Crippen molar-refractivity contribution in [2.75, 3.05) is 4.90 Å². The third-order valence-electron chi connectivity index (χ3n) is 7.68. The van der Waals surface area contributed by atoms with Crippen molar-refractivity contribution < 1.29 is 14.4 Å². The quantitative estimate of drug-likeness (QED) is 0.385. The minimum Gasteiger partial charge on any atom is -0.352 e. The van der Waals surface area contributed by atoms with Crippen LogP contribution in [0.2, 0.25) is 10.0 Å². The number of fused-ring (bicyclic) bond motifs is 5. The smallest absolute Gasteiger partial charge is 0.180 e.